The minimum Gasteiger partial charge on any atom is -0.465 e. The predicted molar refractivity (Wildman–Crippen MR) is 75.1 cm³/mol. The molecule has 3 rings (SSSR count). The number of hydrogen-bond donors (Lipinski definition) is 1. The first-order valence-corrected chi connectivity index (χ1v) is 7.22. The van der Waals surface area contributed by atoms with Crippen LogP contribution in [0, 0.1) is 0 Å². The number of pyridine rings is 1. The second-order valence-corrected chi connectivity index (χ2v) is 5.82. The van der Waals surface area contributed by atoms with E-state index in [0.717, 1.165) is 25.1 Å². The van der Waals surface area contributed by atoms with Crippen molar-refractivity contribution in [3.63, 3.8) is 0 Å². The predicted octanol–water partition coefficient (Wildman–Crippen LogP) is 1.32. The SMILES string of the molecule is COC(=O)c1ccc(CN2C3CCC2CC(N)C3)nc1. The standard InChI is InChI=1S/C15H21N3O2/c1-20-15(19)10-2-3-12(17-8-10)9-18-13-4-5-14(18)7-11(16)6-13/h2-3,8,11,13-14H,4-7,9,16H2,1H3. The van der Waals surface area contributed by atoms with E-state index in [1.807, 2.05) is 6.07 Å². The maximum Gasteiger partial charge on any atom is 0.339 e. The number of carbonyl (C=O) groups is 1. The molecule has 2 saturated heterocycles. The zero-order valence-electron chi connectivity index (χ0n) is 11.8. The lowest BCUT2D eigenvalue weighted by molar-refractivity contribution is 0.0600. The summed E-state index contributed by atoms with van der Waals surface area (Å²) in [6.45, 7) is 0.851. The summed E-state index contributed by atoms with van der Waals surface area (Å²) in [6, 6.07) is 5.27. The number of aromatic nitrogens is 1. The van der Waals surface area contributed by atoms with Crippen molar-refractivity contribution in [2.45, 2.75) is 50.4 Å². The first-order chi connectivity index (χ1) is 9.67. The number of fused-ring (bicyclic) bond motifs is 2. The number of esters is 1. The first-order valence-electron chi connectivity index (χ1n) is 7.22. The van der Waals surface area contributed by atoms with Crippen LogP contribution in [0.5, 0.6) is 0 Å². The molecular formula is C15H21N3O2. The number of nitrogens with two attached hydrogens (primary N) is 1. The number of carbonyl (C=O) groups excluding carboxylic acids is 1. The molecule has 3 heterocycles. The molecular weight excluding hydrogens is 254 g/mol. The Kier molecular flexibility index (Phi) is 3.72. The van der Waals surface area contributed by atoms with Crippen LogP contribution in [0.25, 0.3) is 0 Å². The van der Waals surface area contributed by atoms with Gasteiger partial charge in [-0.05, 0) is 37.8 Å². The third-order valence-electron chi connectivity index (χ3n) is 4.51. The lowest BCUT2D eigenvalue weighted by atomic mass is 9.98. The van der Waals surface area contributed by atoms with E-state index in [1.165, 1.54) is 20.0 Å². The summed E-state index contributed by atoms with van der Waals surface area (Å²) in [4.78, 5) is 18.3. The molecule has 2 aliphatic heterocycles. The average Bonchev–Trinajstić information content (AvgIpc) is 2.70. The molecule has 2 fully saturated rings. The number of hydrogen-bond acceptors (Lipinski definition) is 5. The van der Waals surface area contributed by atoms with E-state index < -0.39 is 0 Å². The smallest absolute Gasteiger partial charge is 0.339 e. The summed E-state index contributed by atoms with van der Waals surface area (Å²) in [6.07, 6.45) is 6.28. The van der Waals surface area contributed by atoms with Gasteiger partial charge in [-0.15, -0.1) is 0 Å². The topological polar surface area (TPSA) is 68.5 Å². The van der Waals surface area contributed by atoms with E-state index in [-0.39, 0.29) is 5.97 Å². The molecule has 108 valence electrons. The summed E-state index contributed by atoms with van der Waals surface area (Å²) in [7, 11) is 1.38. The van der Waals surface area contributed by atoms with Gasteiger partial charge in [0, 0.05) is 30.9 Å². The minimum absolute atomic E-state index is 0.340. The van der Waals surface area contributed by atoms with Crippen LogP contribution in [-0.2, 0) is 11.3 Å². The van der Waals surface area contributed by atoms with Gasteiger partial charge in [0.15, 0.2) is 0 Å². The molecule has 5 heteroatoms. The fourth-order valence-electron chi connectivity index (χ4n) is 3.52. The Morgan fingerprint density at radius 2 is 2.10 bits per heavy atom. The maximum atomic E-state index is 11.4. The van der Waals surface area contributed by atoms with Gasteiger partial charge >= 0.3 is 5.97 Å². The number of rotatable bonds is 3. The number of methoxy groups -OCH3 is 1. The zero-order valence-corrected chi connectivity index (χ0v) is 11.8. The van der Waals surface area contributed by atoms with E-state index in [4.69, 9.17) is 5.73 Å². The summed E-state index contributed by atoms with van der Waals surface area (Å²) in [5.41, 5.74) is 7.59. The Labute approximate surface area is 119 Å². The van der Waals surface area contributed by atoms with Gasteiger partial charge < -0.3 is 10.5 Å². The Balaban J connectivity index is 1.68. The first kappa shape index (κ1) is 13.5. The molecule has 20 heavy (non-hydrogen) atoms. The summed E-state index contributed by atoms with van der Waals surface area (Å²) < 4.78 is 4.68. The van der Waals surface area contributed by atoms with Gasteiger partial charge in [0.25, 0.3) is 0 Å². The van der Waals surface area contributed by atoms with Crippen LogP contribution in [0.3, 0.4) is 0 Å². The Morgan fingerprint density at radius 3 is 2.65 bits per heavy atom. The highest BCUT2D eigenvalue weighted by atomic mass is 16.5. The van der Waals surface area contributed by atoms with Crippen LogP contribution in [-0.4, -0.2) is 41.1 Å². The normalized spacial score (nSPS) is 29.4. The second-order valence-electron chi connectivity index (χ2n) is 5.82. The number of piperidine rings is 1. The van der Waals surface area contributed by atoms with Gasteiger partial charge in [-0.1, -0.05) is 0 Å². The van der Waals surface area contributed by atoms with Crippen LogP contribution >= 0.6 is 0 Å². The Hall–Kier alpha value is -1.46. The largest absolute Gasteiger partial charge is 0.465 e. The van der Waals surface area contributed by atoms with Crippen LogP contribution in [0.2, 0.25) is 0 Å². The quantitative estimate of drug-likeness (QED) is 0.843. The summed E-state index contributed by atoms with van der Waals surface area (Å²) in [5, 5.41) is 0. The van der Waals surface area contributed by atoms with Gasteiger partial charge in [0.05, 0.1) is 18.4 Å². The molecule has 0 saturated carbocycles. The molecule has 0 aliphatic carbocycles. The molecule has 5 nitrogen and oxygen atoms in total. The Morgan fingerprint density at radius 1 is 1.40 bits per heavy atom. The van der Waals surface area contributed by atoms with Crippen LogP contribution in [0.1, 0.15) is 41.7 Å². The molecule has 2 aliphatic rings. The van der Waals surface area contributed by atoms with Crippen LogP contribution in [0.15, 0.2) is 18.3 Å². The van der Waals surface area contributed by atoms with E-state index in [1.54, 1.807) is 12.3 Å². The van der Waals surface area contributed by atoms with Crippen molar-refractivity contribution in [3.8, 4) is 0 Å². The van der Waals surface area contributed by atoms with Gasteiger partial charge in [0.1, 0.15) is 0 Å². The average molecular weight is 275 g/mol. The van der Waals surface area contributed by atoms with Crippen LogP contribution in [0.4, 0.5) is 0 Å². The van der Waals surface area contributed by atoms with Crippen molar-refractivity contribution < 1.29 is 9.53 Å². The van der Waals surface area contributed by atoms with E-state index in [2.05, 4.69) is 14.6 Å². The van der Waals surface area contributed by atoms with Gasteiger partial charge in [-0.3, -0.25) is 9.88 Å². The highest BCUT2D eigenvalue weighted by Gasteiger charge is 2.39. The summed E-state index contributed by atoms with van der Waals surface area (Å²) in [5.74, 6) is -0.340. The fraction of sp³-hybridized carbons (Fsp3) is 0.600. The van der Waals surface area contributed by atoms with Crippen molar-refractivity contribution >= 4 is 5.97 Å². The molecule has 2 N–H and O–H groups in total. The van der Waals surface area contributed by atoms with Crippen molar-refractivity contribution in [1.29, 1.82) is 0 Å². The molecule has 0 amide bonds. The highest BCUT2D eigenvalue weighted by Crippen LogP contribution is 2.35. The molecule has 0 radical (unpaired) electrons. The highest BCUT2D eigenvalue weighted by molar-refractivity contribution is 5.88. The second kappa shape index (κ2) is 5.50. The van der Waals surface area contributed by atoms with Crippen molar-refractivity contribution in [2.75, 3.05) is 7.11 Å². The number of ether oxygens (including phenoxy) is 1. The van der Waals surface area contributed by atoms with Gasteiger partial charge in [0.2, 0.25) is 0 Å². The molecule has 2 atom stereocenters. The van der Waals surface area contributed by atoms with Gasteiger partial charge in [-0.2, -0.15) is 0 Å². The van der Waals surface area contributed by atoms with Crippen molar-refractivity contribution in [1.82, 2.24) is 9.88 Å². The molecule has 1 aromatic heterocycles. The minimum atomic E-state index is -0.340. The van der Waals surface area contributed by atoms with E-state index in [9.17, 15) is 4.79 Å². The monoisotopic (exact) mass is 275 g/mol. The molecule has 2 bridgehead atoms. The zero-order chi connectivity index (χ0) is 14.1. The molecule has 0 spiro atoms. The molecule has 0 aromatic carbocycles. The lowest BCUT2D eigenvalue weighted by Gasteiger charge is -2.37. The van der Waals surface area contributed by atoms with E-state index in [0.29, 0.717) is 23.7 Å². The Bertz CT molecular complexity index is 474. The molecule has 2 unspecified atom stereocenters. The third-order valence-corrected chi connectivity index (χ3v) is 4.51. The summed E-state index contributed by atoms with van der Waals surface area (Å²) >= 11 is 0. The van der Waals surface area contributed by atoms with Gasteiger partial charge in [-0.25, -0.2) is 4.79 Å². The maximum absolute atomic E-state index is 11.4. The van der Waals surface area contributed by atoms with E-state index >= 15 is 0 Å². The fourth-order valence-corrected chi connectivity index (χ4v) is 3.52. The molecule has 1 aromatic rings. The number of nitrogens with zero attached hydrogens (tertiary/aromatic N) is 2. The van der Waals surface area contributed by atoms with Crippen molar-refractivity contribution in [3.05, 3.63) is 29.6 Å². The van der Waals surface area contributed by atoms with Crippen molar-refractivity contribution in [2.24, 2.45) is 5.73 Å². The third kappa shape index (κ3) is 2.55. The van der Waals surface area contributed by atoms with Crippen LogP contribution < -0.4 is 5.73 Å². The lowest BCUT2D eigenvalue weighted by Crippen LogP contribution is -2.46.